The topological polar surface area (TPSA) is 57.0 Å². The maximum Gasteiger partial charge on any atom is 0.136 e. The van der Waals surface area contributed by atoms with Crippen molar-refractivity contribution in [2.24, 2.45) is 0 Å². The van der Waals surface area contributed by atoms with Crippen LogP contribution in [0, 0.1) is 0 Å². The van der Waals surface area contributed by atoms with Crippen LogP contribution >= 0.6 is 15.9 Å². The van der Waals surface area contributed by atoms with E-state index < -0.39 is 0 Å². The van der Waals surface area contributed by atoms with E-state index in [4.69, 9.17) is 10.2 Å². The number of furan rings is 1. The van der Waals surface area contributed by atoms with Crippen molar-refractivity contribution in [3.63, 3.8) is 0 Å². The van der Waals surface area contributed by atoms with Gasteiger partial charge < -0.3 is 10.2 Å². The van der Waals surface area contributed by atoms with Gasteiger partial charge in [-0.25, -0.2) is 4.68 Å². The largest absolute Gasteiger partial charge is 0.469 e. The molecule has 0 aromatic carbocycles. The summed E-state index contributed by atoms with van der Waals surface area (Å²) < 4.78 is 8.18. The number of aromatic nitrogens is 2. The molecular formula is C11H12BrN3O. The summed E-state index contributed by atoms with van der Waals surface area (Å²) in [7, 11) is 0. The standard InChI is InChI=1S/C11H12BrN3O/c12-8-6-14-15(11(8)13)9-2-1-3-10-7(9)4-5-16-10/h4-6,9H,1-3,13H2. The molecule has 0 fully saturated rings. The van der Waals surface area contributed by atoms with Gasteiger partial charge in [-0.3, -0.25) is 0 Å². The van der Waals surface area contributed by atoms with E-state index in [9.17, 15) is 0 Å². The number of nitrogens with zero attached hydrogens (tertiary/aromatic N) is 2. The fourth-order valence-corrected chi connectivity index (χ4v) is 2.59. The van der Waals surface area contributed by atoms with Crippen molar-refractivity contribution in [3.8, 4) is 0 Å². The number of fused-ring (bicyclic) bond motifs is 1. The SMILES string of the molecule is Nc1c(Br)cnn1C1CCCc2occc21. The van der Waals surface area contributed by atoms with E-state index in [1.54, 1.807) is 12.5 Å². The molecule has 5 heteroatoms. The van der Waals surface area contributed by atoms with Crippen LogP contribution in [-0.4, -0.2) is 9.78 Å². The van der Waals surface area contributed by atoms with Crippen molar-refractivity contribution < 1.29 is 4.42 Å². The van der Waals surface area contributed by atoms with Crippen molar-refractivity contribution in [3.05, 3.63) is 34.3 Å². The molecule has 0 radical (unpaired) electrons. The van der Waals surface area contributed by atoms with E-state index >= 15 is 0 Å². The van der Waals surface area contributed by atoms with Crippen LogP contribution in [0.15, 0.2) is 27.4 Å². The Morgan fingerprint density at radius 3 is 3.19 bits per heavy atom. The number of halogens is 1. The molecule has 1 aliphatic carbocycles. The maximum atomic E-state index is 5.98. The number of rotatable bonds is 1. The molecule has 0 spiro atoms. The molecule has 4 nitrogen and oxygen atoms in total. The van der Waals surface area contributed by atoms with Gasteiger partial charge in [0.1, 0.15) is 11.6 Å². The van der Waals surface area contributed by atoms with E-state index in [2.05, 4.69) is 21.0 Å². The lowest BCUT2D eigenvalue weighted by Gasteiger charge is -2.22. The monoisotopic (exact) mass is 281 g/mol. The van der Waals surface area contributed by atoms with Gasteiger partial charge in [-0.1, -0.05) is 0 Å². The molecule has 1 aliphatic rings. The summed E-state index contributed by atoms with van der Waals surface area (Å²) in [6.45, 7) is 0. The maximum absolute atomic E-state index is 5.98. The first-order valence-corrected chi connectivity index (χ1v) is 6.11. The highest BCUT2D eigenvalue weighted by molar-refractivity contribution is 9.10. The van der Waals surface area contributed by atoms with Crippen molar-refractivity contribution >= 4 is 21.7 Å². The molecule has 2 aromatic rings. The quantitative estimate of drug-likeness (QED) is 0.875. The minimum absolute atomic E-state index is 0.216. The van der Waals surface area contributed by atoms with Crippen LogP contribution in [0.2, 0.25) is 0 Å². The number of anilines is 1. The Morgan fingerprint density at radius 2 is 2.44 bits per heavy atom. The Morgan fingerprint density at radius 1 is 1.56 bits per heavy atom. The molecule has 1 atom stereocenters. The van der Waals surface area contributed by atoms with Crippen molar-refractivity contribution in [1.29, 1.82) is 0 Å². The first-order valence-electron chi connectivity index (χ1n) is 5.32. The van der Waals surface area contributed by atoms with Crippen LogP contribution in [0.3, 0.4) is 0 Å². The Balaban J connectivity index is 2.07. The molecular weight excluding hydrogens is 270 g/mol. The average molecular weight is 282 g/mol. The first kappa shape index (κ1) is 9.96. The van der Waals surface area contributed by atoms with E-state index in [0.29, 0.717) is 5.82 Å². The summed E-state index contributed by atoms with van der Waals surface area (Å²) in [6, 6.07) is 2.24. The number of aryl methyl sites for hydroxylation is 1. The van der Waals surface area contributed by atoms with Crippen LogP contribution in [0.1, 0.15) is 30.2 Å². The number of nitrogens with two attached hydrogens (primary N) is 1. The Kier molecular flexibility index (Phi) is 2.28. The highest BCUT2D eigenvalue weighted by Gasteiger charge is 2.26. The molecule has 0 aliphatic heterocycles. The second-order valence-electron chi connectivity index (χ2n) is 4.03. The molecule has 84 valence electrons. The third-order valence-corrected chi connectivity index (χ3v) is 3.71. The summed E-state index contributed by atoms with van der Waals surface area (Å²) in [4.78, 5) is 0. The highest BCUT2D eigenvalue weighted by atomic mass is 79.9. The predicted molar refractivity (Wildman–Crippen MR) is 64.1 cm³/mol. The van der Waals surface area contributed by atoms with Gasteiger partial charge >= 0.3 is 0 Å². The van der Waals surface area contributed by atoms with Crippen LogP contribution in [-0.2, 0) is 6.42 Å². The molecule has 2 N–H and O–H groups in total. The minimum atomic E-state index is 0.216. The number of hydrogen-bond donors (Lipinski definition) is 1. The molecule has 1 unspecified atom stereocenters. The van der Waals surface area contributed by atoms with E-state index in [1.807, 2.05) is 10.7 Å². The van der Waals surface area contributed by atoms with Gasteiger partial charge in [0, 0.05) is 12.0 Å². The number of nitrogen functional groups attached to an aromatic ring is 1. The number of hydrogen-bond acceptors (Lipinski definition) is 3. The summed E-state index contributed by atoms with van der Waals surface area (Å²) in [5.41, 5.74) is 7.20. The zero-order valence-corrected chi connectivity index (χ0v) is 10.3. The molecule has 0 saturated carbocycles. The van der Waals surface area contributed by atoms with Gasteiger partial charge in [0.2, 0.25) is 0 Å². The fourth-order valence-electron chi connectivity index (χ4n) is 2.32. The zero-order valence-electron chi connectivity index (χ0n) is 8.69. The summed E-state index contributed by atoms with van der Waals surface area (Å²) >= 11 is 3.38. The second kappa shape index (κ2) is 3.66. The molecule has 3 rings (SSSR count). The third-order valence-electron chi connectivity index (χ3n) is 3.10. The average Bonchev–Trinajstić information content (AvgIpc) is 2.87. The Labute approximate surface area is 102 Å². The van der Waals surface area contributed by atoms with E-state index in [-0.39, 0.29) is 6.04 Å². The summed E-state index contributed by atoms with van der Waals surface area (Å²) in [6.07, 6.45) is 6.68. The van der Waals surface area contributed by atoms with Crippen LogP contribution in [0.5, 0.6) is 0 Å². The Bertz CT molecular complexity index is 517. The first-order chi connectivity index (χ1) is 7.77. The lowest BCUT2D eigenvalue weighted by molar-refractivity contribution is 0.409. The van der Waals surface area contributed by atoms with E-state index in [1.165, 1.54) is 5.56 Å². The third kappa shape index (κ3) is 1.38. The normalized spacial score (nSPS) is 19.7. The highest BCUT2D eigenvalue weighted by Crippen LogP contribution is 2.35. The Hall–Kier alpha value is -1.23. The van der Waals surface area contributed by atoms with Crippen LogP contribution in [0.25, 0.3) is 0 Å². The molecule has 2 aromatic heterocycles. The fraction of sp³-hybridized carbons (Fsp3) is 0.364. The minimum Gasteiger partial charge on any atom is -0.469 e. The van der Waals surface area contributed by atoms with Crippen LogP contribution < -0.4 is 5.73 Å². The summed E-state index contributed by atoms with van der Waals surface area (Å²) in [5, 5.41) is 4.32. The van der Waals surface area contributed by atoms with Crippen LogP contribution in [0.4, 0.5) is 5.82 Å². The van der Waals surface area contributed by atoms with Crippen molar-refractivity contribution in [1.82, 2.24) is 9.78 Å². The zero-order chi connectivity index (χ0) is 11.1. The van der Waals surface area contributed by atoms with Gasteiger partial charge in [0.05, 0.1) is 23.0 Å². The van der Waals surface area contributed by atoms with Crippen molar-refractivity contribution in [2.45, 2.75) is 25.3 Å². The molecule has 2 heterocycles. The van der Waals surface area contributed by atoms with Gasteiger partial charge in [0.15, 0.2) is 0 Å². The lowest BCUT2D eigenvalue weighted by atomic mass is 9.93. The van der Waals surface area contributed by atoms with Gasteiger partial charge in [-0.15, -0.1) is 0 Å². The second-order valence-corrected chi connectivity index (χ2v) is 4.88. The molecule has 0 bridgehead atoms. The van der Waals surface area contributed by atoms with Crippen molar-refractivity contribution in [2.75, 3.05) is 5.73 Å². The molecule has 0 amide bonds. The molecule has 16 heavy (non-hydrogen) atoms. The predicted octanol–water partition coefficient (Wildman–Crippen LogP) is 2.75. The molecule has 0 saturated heterocycles. The smallest absolute Gasteiger partial charge is 0.136 e. The van der Waals surface area contributed by atoms with E-state index in [0.717, 1.165) is 29.5 Å². The van der Waals surface area contributed by atoms with Gasteiger partial charge in [-0.2, -0.15) is 5.10 Å². The van der Waals surface area contributed by atoms with Gasteiger partial charge in [0.25, 0.3) is 0 Å². The summed E-state index contributed by atoms with van der Waals surface area (Å²) in [5.74, 6) is 1.75. The van der Waals surface area contributed by atoms with Gasteiger partial charge in [-0.05, 0) is 34.8 Å². The lowest BCUT2D eigenvalue weighted by Crippen LogP contribution is -2.18.